The van der Waals surface area contributed by atoms with Crippen LogP contribution in [0.2, 0.25) is 0 Å². The Morgan fingerprint density at radius 2 is 1.20 bits per heavy atom. The molecule has 5 aromatic carbocycles. The summed E-state index contributed by atoms with van der Waals surface area (Å²) in [5, 5.41) is 2.35. The van der Waals surface area contributed by atoms with Gasteiger partial charge in [-0.05, 0) is 122 Å². The van der Waals surface area contributed by atoms with Gasteiger partial charge in [0, 0.05) is 16.3 Å². The molecule has 0 saturated carbocycles. The van der Waals surface area contributed by atoms with Gasteiger partial charge in [0.2, 0.25) is 0 Å². The van der Waals surface area contributed by atoms with E-state index in [-0.39, 0.29) is 33.5 Å². The molecule has 2 aliphatic rings. The van der Waals surface area contributed by atoms with Crippen molar-refractivity contribution in [1.29, 1.82) is 0 Å². The number of aromatic nitrogens is 2. The van der Waals surface area contributed by atoms with E-state index in [4.69, 9.17) is 9.40 Å². The molecule has 0 spiro atoms. The van der Waals surface area contributed by atoms with Crippen molar-refractivity contribution in [3.05, 3.63) is 118 Å². The van der Waals surface area contributed by atoms with E-state index in [9.17, 15) is 0 Å². The molecule has 0 fully saturated rings. The van der Waals surface area contributed by atoms with Crippen LogP contribution in [0.4, 0.5) is 0 Å². The van der Waals surface area contributed by atoms with Gasteiger partial charge in [0.1, 0.15) is 17.0 Å². The Labute approximate surface area is 328 Å². The van der Waals surface area contributed by atoms with E-state index in [1.807, 2.05) is 0 Å². The molecule has 3 heteroatoms. The van der Waals surface area contributed by atoms with Gasteiger partial charge in [0.15, 0.2) is 0 Å². The van der Waals surface area contributed by atoms with E-state index >= 15 is 0 Å². The fourth-order valence-corrected chi connectivity index (χ4v) is 10.7. The smallest absolute Gasteiger partial charge is 0.149 e. The Morgan fingerprint density at radius 3 is 1.84 bits per heavy atom. The minimum atomic E-state index is 0.0110. The summed E-state index contributed by atoms with van der Waals surface area (Å²) in [6.45, 7) is 28.6. The summed E-state index contributed by atoms with van der Waals surface area (Å²) in [7, 11) is 0. The highest BCUT2D eigenvalue weighted by atomic mass is 16.3. The largest absolute Gasteiger partial charge is 0.455 e. The van der Waals surface area contributed by atoms with Gasteiger partial charge >= 0.3 is 0 Å². The van der Waals surface area contributed by atoms with Gasteiger partial charge in [0.25, 0.3) is 0 Å². The first-order chi connectivity index (χ1) is 25.9. The number of hydrogen-bond acceptors (Lipinski definition) is 2. The molecule has 0 saturated heterocycles. The third-order valence-electron chi connectivity index (χ3n) is 13.6. The number of nitrogens with zero attached hydrogens (tertiary/aromatic N) is 2. The second kappa shape index (κ2) is 11.9. The highest BCUT2D eigenvalue weighted by molar-refractivity contribution is 6.11. The van der Waals surface area contributed by atoms with E-state index in [1.54, 1.807) is 0 Å². The molecule has 7 aromatic rings. The lowest BCUT2D eigenvalue weighted by Crippen LogP contribution is -2.33. The second-order valence-electron chi connectivity index (χ2n) is 20.2. The molecule has 0 unspecified atom stereocenters. The zero-order valence-electron chi connectivity index (χ0n) is 35.2. The number of hydrogen-bond donors (Lipinski definition) is 0. The molecular weight excluding hydrogens is 669 g/mol. The van der Waals surface area contributed by atoms with Crippen LogP contribution in [0.3, 0.4) is 0 Å². The molecule has 55 heavy (non-hydrogen) atoms. The van der Waals surface area contributed by atoms with Gasteiger partial charge < -0.3 is 4.42 Å². The molecule has 282 valence electrons. The fraction of sp³-hybridized carbons (Fsp3) is 0.404. The van der Waals surface area contributed by atoms with Gasteiger partial charge in [-0.1, -0.05) is 138 Å². The number of rotatable bonds is 5. The van der Waals surface area contributed by atoms with Crippen LogP contribution in [0.5, 0.6) is 0 Å². The first-order valence-electron chi connectivity index (χ1n) is 20.7. The minimum absolute atomic E-state index is 0.0110. The van der Waals surface area contributed by atoms with Crippen molar-refractivity contribution < 1.29 is 4.42 Å². The van der Waals surface area contributed by atoms with Gasteiger partial charge in [0.05, 0.1) is 22.3 Å². The zero-order chi connectivity index (χ0) is 39.0. The second-order valence-corrected chi connectivity index (χ2v) is 20.2. The number of imidazole rings is 1. The Kier molecular flexibility index (Phi) is 7.82. The average Bonchev–Trinajstić information content (AvgIpc) is 3.75. The molecule has 2 aliphatic carbocycles. The lowest BCUT2D eigenvalue weighted by atomic mass is 9.63. The summed E-state index contributed by atoms with van der Waals surface area (Å²) in [6, 6.07) is 32.1. The van der Waals surface area contributed by atoms with Gasteiger partial charge in [-0.25, -0.2) is 4.98 Å². The lowest BCUT2D eigenvalue weighted by Gasteiger charge is -2.41. The SMILES string of the molecule is CC(C)c1cc(-c2ccccc2)cc(C(C)C)c1-n1c(-c2cccc3c2oc2c4c(ccc23)C(C)(C)CC4(C)C)nc2cc3c(cc21)C(C)(C)CCC3(C)C. The van der Waals surface area contributed by atoms with Gasteiger partial charge in [-0.2, -0.15) is 0 Å². The fourth-order valence-electron chi connectivity index (χ4n) is 10.7. The summed E-state index contributed by atoms with van der Waals surface area (Å²) < 4.78 is 9.78. The van der Waals surface area contributed by atoms with Crippen LogP contribution in [0.1, 0.15) is 148 Å². The van der Waals surface area contributed by atoms with Crippen LogP contribution in [0.25, 0.3) is 61.2 Å². The van der Waals surface area contributed by atoms with E-state index < -0.39 is 0 Å². The van der Waals surface area contributed by atoms with Crippen molar-refractivity contribution in [2.75, 3.05) is 0 Å². The molecule has 0 amide bonds. The van der Waals surface area contributed by atoms with Gasteiger partial charge in [-0.3, -0.25) is 4.57 Å². The van der Waals surface area contributed by atoms with E-state index in [0.29, 0.717) is 0 Å². The summed E-state index contributed by atoms with van der Waals surface area (Å²) in [4.78, 5) is 5.71. The van der Waals surface area contributed by atoms with E-state index in [2.05, 4.69) is 173 Å². The molecule has 3 nitrogen and oxygen atoms in total. The molecular formula is C52H58N2O. The van der Waals surface area contributed by atoms with Gasteiger partial charge in [-0.15, -0.1) is 0 Å². The van der Waals surface area contributed by atoms with E-state index in [0.717, 1.165) is 52.7 Å². The molecule has 9 rings (SSSR count). The third-order valence-corrected chi connectivity index (χ3v) is 13.6. The number of para-hydroxylation sites is 1. The maximum Gasteiger partial charge on any atom is 0.149 e. The predicted molar refractivity (Wildman–Crippen MR) is 233 cm³/mol. The van der Waals surface area contributed by atoms with Crippen molar-refractivity contribution in [2.24, 2.45) is 0 Å². The molecule has 2 aromatic heterocycles. The summed E-state index contributed by atoms with van der Waals surface area (Å²) in [5.74, 6) is 1.51. The van der Waals surface area contributed by atoms with Crippen molar-refractivity contribution in [1.82, 2.24) is 9.55 Å². The Balaban J connectivity index is 1.42. The lowest BCUT2D eigenvalue weighted by molar-refractivity contribution is 0.332. The molecule has 0 N–H and O–H groups in total. The predicted octanol–water partition coefficient (Wildman–Crippen LogP) is 14.8. The highest BCUT2D eigenvalue weighted by Crippen LogP contribution is 2.54. The van der Waals surface area contributed by atoms with Crippen LogP contribution in [0, 0.1) is 0 Å². The monoisotopic (exact) mass is 726 g/mol. The Hall–Kier alpha value is -4.63. The quantitative estimate of drug-likeness (QED) is 0.177. The first-order valence-corrected chi connectivity index (χ1v) is 20.7. The topological polar surface area (TPSA) is 31.0 Å². The minimum Gasteiger partial charge on any atom is -0.455 e. The average molecular weight is 727 g/mol. The van der Waals surface area contributed by atoms with Crippen molar-refractivity contribution in [2.45, 2.75) is 136 Å². The number of benzene rings is 5. The summed E-state index contributed by atoms with van der Waals surface area (Å²) in [5.41, 5.74) is 17.6. The summed E-state index contributed by atoms with van der Waals surface area (Å²) in [6.07, 6.45) is 3.42. The molecule has 0 atom stereocenters. The van der Waals surface area contributed by atoms with Crippen molar-refractivity contribution in [3.8, 4) is 28.2 Å². The van der Waals surface area contributed by atoms with Crippen molar-refractivity contribution in [3.63, 3.8) is 0 Å². The van der Waals surface area contributed by atoms with Crippen LogP contribution in [-0.4, -0.2) is 9.55 Å². The maximum absolute atomic E-state index is 7.24. The number of furan rings is 1. The van der Waals surface area contributed by atoms with Crippen LogP contribution < -0.4 is 0 Å². The van der Waals surface area contributed by atoms with Crippen LogP contribution >= 0.6 is 0 Å². The standard InChI is InChI=1S/C52H58N2O/c1-30(2)37-25-33(32-17-14-13-15-18-32)26-38(31(3)4)45(37)54-43-28-41-40(49(5,6)23-24-50(41,7)8)27-42(43)53-48(54)36-20-16-19-34-35-21-22-39-44(47(35)55-46(34)36)52(11,12)29-51(39,9)10/h13-22,25-28,30-31H,23-24,29H2,1-12H3. The zero-order valence-corrected chi connectivity index (χ0v) is 35.2. The summed E-state index contributed by atoms with van der Waals surface area (Å²) >= 11 is 0. The molecule has 0 aliphatic heterocycles. The Bertz CT molecular complexity index is 2640. The molecule has 2 heterocycles. The Morgan fingerprint density at radius 1 is 0.582 bits per heavy atom. The maximum atomic E-state index is 7.24. The first kappa shape index (κ1) is 36.0. The normalized spacial score (nSPS) is 18.1. The number of fused-ring (bicyclic) bond motifs is 7. The van der Waals surface area contributed by atoms with Crippen LogP contribution in [0.15, 0.2) is 89.3 Å². The van der Waals surface area contributed by atoms with E-state index in [1.165, 1.54) is 61.1 Å². The van der Waals surface area contributed by atoms with Crippen LogP contribution in [-0.2, 0) is 21.7 Å². The molecule has 0 bridgehead atoms. The third kappa shape index (κ3) is 5.39. The molecule has 0 radical (unpaired) electrons. The van der Waals surface area contributed by atoms with Crippen molar-refractivity contribution >= 4 is 33.0 Å². The highest BCUT2D eigenvalue weighted by Gasteiger charge is 2.44.